The van der Waals surface area contributed by atoms with Crippen molar-refractivity contribution in [1.29, 1.82) is 0 Å². The Bertz CT molecular complexity index is 736. The Morgan fingerprint density at radius 3 is 2.47 bits per heavy atom. The van der Waals surface area contributed by atoms with Crippen molar-refractivity contribution in [1.82, 2.24) is 0 Å². The Kier molecular flexibility index (Phi) is 3.12. The monoisotopic (exact) mass is 320 g/mol. The Morgan fingerprint density at radius 2 is 1.79 bits per heavy atom. The fraction of sp³-hybridized carbons (Fsp3) is 0.0667. The van der Waals surface area contributed by atoms with Crippen molar-refractivity contribution in [2.75, 3.05) is 0 Å². The van der Waals surface area contributed by atoms with Crippen molar-refractivity contribution in [2.45, 2.75) is 6.10 Å². The van der Waals surface area contributed by atoms with E-state index >= 15 is 0 Å². The first-order valence-electron chi connectivity index (χ1n) is 5.76. The van der Waals surface area contributed by atoms with E-state index in [0.29, 0.717) is 26.6 Å². The van der Waals surface area contributed by atoms with Crippen LogP contribution in [0.5, 0.6) is 0 Å². The molecule has 0 saturated heterocycles. The van der Waals surface area contributed by atoms with Gasteiger partial charge in [-0.1, -0.05) is 30.3 Å². The van der Waals surface area contributed by atoms with Crippen LogP contribution >= 0.6 is 15.9 Å². The predicted octanol–water partition coefficient (Wildman–Crippen LogP) is 4.42. The summed E-state index contributed by atoms with van der Waals surface area (Å²) in [5.41, 5.74) is 0.618. The quantitative estimate of drug-likeness (QED) is 0.758. The summed E-state index contributed by atoms with van der Waals surface area (Å²) < 4.78 is 19.7. The molecule has 1 N–H and O–H groups in total. The van der Waals surface area contributed by atoms with E-state index in [4.69, 9.17) is 4.42 Å². The van der Waals surface area contributed by atoms with Gasteiger partial charge in [-0.3, -0.25) is 0 Å². The minimum atomic E-state index is -0.935. The Labute approximate surface area is 117 Å². The zero-order valence-corrected chi connectivity index (χ0v) is 11.4. The van der Waals surface area contributed by atoms with Crippen LogP contribution in [0.1, 0.15) is 17.4 Å². The first-order valence-corrected chi connectivity index (χ1v) is 6.56. The molecular formula is C15H10BrFO2. The molecule has 0 radical (unpaired) electrons. The van der Waals surface area contributed by atoms with Crippen LogP contribution in [-0.4, -0.2) is 5.11 Å². The van der Waals surface area contributed by atoms with Gasteiger partial charge in [-0.05, 0) is 39.0 Å². The van der Waals surface area contributed by atoms with Gasteiger partial charge in [0.25, 0.3) is 0 Å². The van der Waals surface area contributed by atoms with Gasteiger partial charge in [0.2, 0.25) is 0 Å². The maximum atomic E-state index is 13.7. The van der Waals surface area contributed by atoms with Crippen LogP contribution in [0.4, 0.5) is 4.39 Å². The SMILES string of the molecule is OC(c1occc1Br)c1ccc(F)c2ccccc12. The molecule has 0 bridgehead atoms. The molecule has 1 heterocycles. The molecule has 19 heavy (non-hydrogen) atoms. The molecule has 1 atom stereocenters. The molecule has 2 aromatic carbocycles. The highest BCUT2D eigenvalue weighted by Crippen LogP contribution is 2.33. The van der Waals surface area contributed by atoms with E-state index in [1.54, 1.807) is 30.3 Å². The van der Waals surface area contributed by atoms with Crippen LogP contribution in [-0.2, 0) is 0 Å². The minimum absolute atomic E-state index is 0.301. The lowest BCUT2D eigenvalue weighted by molar-refractivity contribution is 0.189. The van der Waals surface area contributed by atoms with Crippen LogP contribution in [0.15, 0.2) is 57.6 Å². The summed E-state index contributed by atoms with van der Waals surface area (Å²) in [5, 5.41) is 11.6. The van der Waals surface area contributed by atoms with Crippen molar-refractivity contribution >= 4 is 26.7 Å². The summed E-state index contributed by atoms with van der Waals surface area (Å²) in [6.45, 7) is 0. The molecule has 1 aromatic heterocycles. The van der Waals surface area contributed by atoms with Crippen LogP contribution in [0.25, 0.3) is 10.8 Å². The highest BCUT2D eigenvalue weighted by atomic mass is 79.9. The van der Waals surface area contributed by atoms with Crippen LogP contribution < -0.4 is 0 Å². The van der Waals surface area contributed by atoms with Crippen molar-refractivity contribution < 1.29 is 13.9 Å². The Balaban J connectivity index is 2.21. The van der Waals surface area contributed by atoms with Crippen molar-refractivity contribution in [2.24, 2.45) is 0 Å². The second kappa shape index (κ2) is 4.79. The molecule has 3 aromatic rings. The van der Waals surface area contributed by atoms with E-state index in [-0.39, 0.29) is 5.82 Å². The largest absolute Gasteiger partial charge is 0.465 e. The molecule has 0 aliphatic heterocycles. The van der Waals surface area contributed by atoms with Gasteiger partial charge in [0.15, 0.2) is 5.76 Å². The lowest BCUT2D eigenvalue weighted by Gasteiger charge is -2.12. The summed E-state index contributed by atoms with van der Waals surface area (Å²) in [5.74, 6) is 0.113. The predicted molar refractivity (Wildman–Crippen MR) is 74.4 cm³/mol. The number of benzene rings is 2. The summed E-state index contributed by atoms with van der Waals surface area (Å²) in [7, 11) is 0. The van der Waals surface area contributed by atoms with E-state index < -0.39 is 6.10 Å². The van der Waals surface area contributed by atoms with Gasteiger partial charge in [0.05, 0.1) is 10.7 Å². The van der Waals surface area contributed by atoms with Gasteiger partial charge >= 0.3 is 0 Å². The van der Waals surface area contributed by atoms with E-state index in [2.05, 4.69) is 15.9 Å². The number of halogens is 2. The number of hydrogen-bond donors (Lipinski definition) is 1. The fourth-order valence-corrected chi connectivity index (χ4v) is 2.58. The summed E-state index contributed by atoms with van der Waals surface area (Å²) in [6, 6.07) is 11.7. The Morgan fingerprint density at radius 1 is 1.05 bits per heavy atom. The van der Waals surface area contributed by atoms with Gasteiger partial charge in [-0.2, -0.15) is 0 Å². The number of aliphatic hydroxyl groups is 1. The molecule has 1 unspecified atom stereocenters. The van der Waals surface area contributed by atoms with E-state index in [1.807, 2.05) is 6.07 Å². The number of fused-ring (bicyclic) bond motifs is 1. The van der Waals surface area contributed by atoms with Gasteiger partial charge in [0.1, 0.15) is 11.9 Å². The molecule has 0 fully saturated rings. The molecule has 0 aliphatic rings. The molecule has 3 rings (SSSR count). The molecule has 0 spiro atoms. The first-order chi connectivity index (χ1) is 9.18. The number of furan rings is 1. The lowest BCUT2D eigenvalue weighted by Crippen LogP contribution is -2.00. The van der Waals surface area contributed by atoms with Crippen LogP contribution in [0.2, 0.25) is 0 Å². The average molecular weight is 321 g/mol. The zero-order valence-electron chi connectivity index (χ0n) is 9.81. The maximum absolute atomic E-state index is 13.7. The van der Waals surface area contributed by atoms with E-state index in [1.165, 1.54) is 12.3 Å². The van der Waals surface area contributed by atoms with E-state index in [0.717, 1.165) is 0 Å². The smallest absolute Gasteiger partial charge is 0.150 e. The minimum Gasteiger partial charge on any atom is -0.465 e. The highest BCUT2D eigenvalue weighted by molar-refractivity contribution is 9.10. The summed E-state index contributed by atoms with van der Waals surface area (Å²) in [6.07, 6.45) is 0.559. The summed E-state index contributed by atoms with van der Waals surface area (Å²) >= 11 is 3.31. The Hall–Kier alpha value is -1.65. The third-order valence-electron chi connectivity index (χ3n) is 3.09. The third-order valence-corrected chi connectivity index (χ3v) is 3.75. The topological polar surface area (TPSA) is 33.4 Å². The van der Waals surface area contributed by atoms with E-state index in [9.17, 15) is 9.50 Å². The van der Waals surface area contributed by atoms with Gasteiger partial charge in [-0.15, -0.1) is 0 Å². The number of aliphatic hydroxyl groups excluding tert-OH is 1. The van der Waals surface area contributed by atoms with Crippen LogP contribution in [0.3, 0.4) is 0 Å². The molecule has 0 aliphatic carbocycles. The molecule has 96 valence electrons. The van der Waals surface area contributed by atoms with Gasteiger partial charge in [0, 0.05) is 5.39 Å². The second-order valence-corrected chi connectivity index (χ2v) is 5.07. The van der Waals surface area contributed by atoms with Gasteiger partial charge in [-0.25, -0.2) is 4.39 Å². The molecular weight excluding hydrogens is 311 g/mol. The van der Waals surface area contributed by atoms with Crippen molar-refractivity contribution in [3.05, 3.63) is 70.3 Å². The number of hydrogen-bond acceptors (Lipinski definition) is 2. The molecule has 2 nitrogen and oxygen atoms in total. The average Bonchev–Trinajstić information content (AvgIpc) is 2.85. The standard InChI is InChI=1S/C15H10BrFO2/c16-12-7-8-19-15(12)14(18)11-5-6-13(17)10-4-2-1-3-9(10)11/h1-8,14,18H. The third kappa shape index (κ3) is 2.07. The van der Waals surface area contributed by atoms with Crippen LogP contribution in [0, 0.1) is 5.82 Å². The first kappa shape index (κ1) is 12.4. The van der Waals surface area contributed by atoms with Gasteiger partial charge < -0.3 is 9.52 Å². The number of rotatable bonds is 2. The zero-order chi connectivity index (χ0) is 13.4. The highest BCUT2D eigenvalue weighted by Gasteiger charge is 2.20. The maximum Gasteiger partial charge on any atom is 0.150 e. The van der Waals surface area contributed by atoms with Crippen molar-refractivity contribution in [3.63, 3.8) is 0 Å². The summed E-state index contributed by atoms with van der Waals surface area (Å²) in [4.78, 5) is 0. The molecule has 4 heteroatoms. The fourth-order valence-electron chi connectivity index (χ4n) is 2.17. The lowest BCUT2D eigenvalue weighted by atomic mass is 9.99. The molecule has 0 amide bonds. The van der Waals surface area contributed by atoms with Crippen molar-refractivity contribution in [3.8, 4) is 0 Å². The molecule has 0 saturated carbocycles. The second-order valence-electron chi connectivity index (χ2n) is 4.22. The normalized spacial score (nSPS) is 12.8.